The van der Waals surface area contributed by atoms with Crippen LogP contribution in [0.3, 0.4) is 0 Å². The van der Waals surface area contributed by atoms with Crippen LogP contribution in [0.15, 0.2) is 48.8 Å². The van der Waals surface area contributed by atoms with Crippen LogP contribution in [0, 0.1) is 6.92 Å². The largest absolute Gasteiger partial charge is 0.317 e. The third kappa shape index (κ3) is 5.69. The van der Waals surface area contributed by atoms with Gasteiger partial charge < -0.3 is 5.32 Å². The molecule has 3 unspecified atom stereocenters. The number of carbonyl (C=O) groups is 1. The molecule has 7 nitrogen and oxygen atoms in total. The molecule has 3 heterocycles. The van der Waals surface area contributed by atoms with Gasteiger partial charge in [0.25, 0.3) is 18.8 Å². The van der Waals surface area contributed by atoms with E-state index >= 15 is 0 Å². The van der Waals surface area contributed by atoms with Gasteiger partial charge in [0.2, 0.25) is 5.01 Å². The fourth-order valence-corrected chi connectivity index (χ4v) is 4.41. The van der Waals surface area contributed by atoms with E-state index < -0.39 is 48.3 Å². The molecule has 0 aliphatic carbocycles. The van der Waals surface area contributed by atoms with Crippen molar-refractivity contribution in [2.45, 2.75) is 45.1 Å². The van der Waals surface area contributed by atoms with E-state index in [1.165, 1.54) is 17.8 Å². The number of hydrogen-bond acceptors (Lipinski definition) is 6. The average Bonchev–Trinajstić information content (AvgIpc) is 3.55. The third-order valence-electron chi connectivity index (χ3n) is 5.68. The topological polar surface area (TPSA) is 85.6 Å². The van der Waals surface area contributed by atoms with Gasteiger partial charge in [-0.15, -0.1) is 10.2 Å². The fourth-order valence-electron chi connectivity index (χ4n) is 3.69. The molecule has 4 rings (SSSR count). The van der Waals surface area contributed by atoms with Crippen molar-refractivity contribution >= 4 is 22.9 Å². The molecule has 38 heavy (non-hydrogen) atoms. The van der Waals surface area contributed by atoms with Crippen molar-refractivity contribution < 1.29 is 31.1 Å². The highest BCUT2D eigenvalue weighted by Crippen LogP contribution is 2.36. The predicted octanol–water partition coefficient (Wildman–Crippen LogP) is 6.52. The van der Waals surface area contributed by atoms with Crippen LogP contribution in [0.25, 0.3) is 10.7 Å². The Kier molecular flexibility index (Phi) is 8.09. The minimum Gasteiger partial charge on any atom is -0.317 e. The Bertz CT molecular complexity index is 1410. The lowest BCUT2D eigenvalue weighted by Crippen LogP contribution is -2.15. The number of amides is 1. The Balaban J connectivity index is 1.58. The van der Waals surface area contributed by atoms with E-state index in [1.807, 2.05) is 0 Å². The molecular weight excluding hydrogens is 534 g/mol. The number of rotatable bonds is 9. The molecule has 0 spiro atoms. The Morgan fingerprint density at radius 1 is 0.974 bits per heavy atom. The van der Waals surface area contributed by atoms with Gasteiger partial charge in [-0.2, -0.15) is 5.10 Å². The Labute approximate surface area is 216 Å². The summed E-state index contributed by atoms with van der Waals surface area (Å²) in [5.74, 6) is -0.576. The van der Waals surface area contributed by atoms with Crippen LogP contribution in [0.5, 0.6) is 0 Å². The molecule has 0 saturated heterocycles. The zero-order chi connectivity index (χ0) is 27.6. The van der Waals surface area contributed by atoms with Crippen molar-refractivity contribution in [2.75, 3.05) is 5.32 Å². The number of hydrogen-bond donors (Lipinski definition) is 1. The minimum atomic E-state index is -3.46. The van der Waals surface area contributed by atoms with E-state index in [4.69, 9.17) is 0 Å². The van der Waals surface area contributed by atoms with Gasteiger partial charge in [-0.05, 0) is 48.7 Å². The molecule has 0 aliphatic heterocycles. The smallest absolute Gasteiger partial charge is 0.286 e. The maximum absolute atomic E-state index is 14.4. The average molecular weight is 555 g/mol. The van der Waals surface area contributed by atoms with Crippen LogP contribution in [0.4, 0.5) is 32.0 Å². The highest BCUT2D eigenvalue weighted by molar-refractivity contribution is 7.16. The summed E-state index contributed by atoms with van der Waals surface area (Å²) >= 11 is 1.02. The number of alkyl halides is 6. The van der Waals surface area contributed by atoms with E-state index in [1.54, 1.807) is 31.3 Å². The Morgan fingerprint density at radius 3 is 2.37 bits per heavy atom. The lowest BCUT2D eigenvalue weighted by molar-refractivity contribution is 0.0456. The van der Waals surface area contributed by atoms with Gasteiger partial charge in [0.1, 0.15) is 5.69 Å². The first kappa shape index (κ1) is 27.2. The molecule has 1 aromatic carbocycles. The number of nitrogens with zero attached hydrogens (tertiary/aromatic N) is 5. The molecule has 0 fully saturated rings. The molecule has 200 valence electrons. The van der Waals surface area contributed by atoms with Crippen LogP contribution in [0.1, 0.15) is 57.5 Å². The van der Waals surface area contributed by atoms with Crippen molar-refractivity contribution in [3.8, 4) is 10.7 Å². The van der Waals surface area contributed by atoms with Gasteiger partial charge in [-0.1, -0.05) is 29.5 Å². The first-order valence-corrected chi connectivity index (χ1v) is 12.0. The SMILES string of the molecule is Cc1nn(C(C)c2ccc(C(F)C(F)F)cc2C(F)C(F)F)cc1NC(=O)c1nnc(-c2ccccn2)s1. The van der Waals surface area contributed by atoms with E-state index in [0.29, 0.717) is 22.5 Å². The summed E-state index contributed by atoms with van der Waals surface area (Å²) in [5.41, 5.74) is -0.0745. The zero-order valence-electron chi connectivity index (χ0n) is 19.8. The normalized spacial score (nSPS) is 14.1. The van der Waals surface area contributed by atoms with Crippen LogP contribution in [0.2, 0.25) is 0 Å². The van der Waals surface area contributed by atoms with Crippen molar-refractivity contribution in [3.63, 3.8) is 0 Å². The molecule has 1 N–H and O–H groups in total. The molecule has 1 amide bonds. The van der Waals surface area contributed by atoms with Crippen LogP contribution in [-0.2, 0) is 0 Å². The zero-order valence-corrected chi connectivity index (χ0v) is 20.6. The van der Waals surface area contributed by atoms with Crippen molar-refractivity contribution in [1.82, 2.24) is 25.0 Å². The second-order valence-electron chi connectivity index (χ2n) is 8.23. The van der Waals surface area contributed by atoms with Gasteiger partial charge in [0.05, 0.1) is 17.4 Å². The molecule has 3 aromatic heterocycles. The number of aromatic nitrogens is 5. The number of benzene rings is 1. The predicted molar refractivity (Wildman–Crippen MR) is 128 cm³/mol. The van der Waals surface area contributed by atoms with Gasteiger partial charge in [0.15, 0.2) is 17.4 Å². The highest BCUT2D eigenvalue weighted by Gasteiger charge is 2.30. The minimum absolute atomic E-state index is 0.00693. The van der Waals surface area contributed by atoms with Gasteiger partial charge >= 0.3 is 0 Å². The van der Waals surface area contributed by atoms with Gasteiger partial charge in [0, 0.05) is 12.4 Å². The van der Waals surface area contributed by atoms with Crippen molar-refractivity contribution in [2.24, 2.45) is 0 Å². The Morgan fingerprint density at radius 2 is 1.71 bits per heavy atom. The summed E-state index contributed by atoms with van der Waals surface area (Å²) in [6, 6.07) is 7.15. The maximum Gasteiger partial charge on any atom is 0.286 e. The summed E-state index contributed by atoms with van der Waals surface area (Å²) < 4.78 is 81.7. The lowest BCUT2D eigenvalue weighted by Gasteiger charge is -2.21. The molecule has 3 atom stereocenters. The number of aryl methyl sites for hydroxylation is 1. The molecule has 0 aliphatic rings. The number of anilines is 1. The monoisotopic (exact) mass is 554 g/mol. The second-order valence-corrected chi connectivity index (χ2v) is 9.20. The van der Waals surface area contributed by atoms with Crippen LogP contribution >= 0.6 is 11.3 Å². The van der Waals surface area contributed by atoms with E-state index in [-0.39, 0.29) is 16.3 Å². The van der Waals surface area contributed by atoms with E-state index in [2.05, 4.69) is 25.6 Å². The summed E-state index contributed by atoms with van der Waals surface area (Å²) in [4.78, 5) is 16.9. The van der Waals surface area contributed by atoms with Gasteiger partial charge in [-0.25, -0.2) is 26.3 Å². The summed E-state index contributed by atoms with van der Waals surface area (Å²) in [5, 5.41) is 15.3. The number of halogens is 6. The van der Waals surface area contributed by atoms with Crippen LogP contribution in [-0.4, -0.2) is 43.7 Å². The number of nitrogens with one attached hydrogen (secondary N) is 1. The van der Waals surface area contributed by atoms with E-state index in [9.17, 15) is 31.1 Å². The van der Waals surface area contributed by atoms with Crippen molar-refractivity contribution in [3.05, 3.63) is 76.2 Å². The lowest BCUT2D eigenvalue weighted by atomic mass is 9.94. The summed E-state index contributed by atoms with van der Waals surface area (Å²) in [6.45, 7) is 3.09. The molecule has 4 aromatic rings. The molecule has 0 bridgehead atoms. The Hall–Kier alpha value is -3.81. The summed E-state index contributed by atoms with van der Waals surface area (Å²) in [7, 11) is 0. The molecule has 0 radical (unpaired) electrons. The first-order chi connectivity index (χ1) is 18.1. The van der Waals surface area contributed by atoms with Crippen LogP contribution < -0.4 is 5.32 Å². The number of pyridine rings is 1. The molecule has 14 heteroatoms. The standard InChI is InChI=1S/C24H20F6N6OS/c1-11-17(32-22(37)24-34-33-23(38-24)16-5-3-4-8-31-16)10-36(35-11)12(2)14-7-6-13(18(25)20(27)28)9-15(14)19(26)21(29)30/h3-10,12,18-21H,1-2H3,(H,32,37). The highest BCUT2D eigenvalue weighted by atomic mass is 32.1. The summed E-state index contributed by atoms with van der Waals surface area (Å²) in [6.07, 6.45) is -9.46. The van der Waals surface area contributed by atoms with Gasteiger partial charge in [-0.3, -0.25) is 14.5 Å². The quantitative estimate of drug-likeness (QED) is 0.238. The molecule has 0 saturated carbocycles. The third-order valence-corrected chi connectivity index (χ3v) is 6.63. The second kappa shape index (κ2) is 11.3. The fraction of sp³-hybridized carbons (Fsp3) is 0.292. The first-order valence-electron chi connectivity index (χ1n) is 11.2. The number of carbonyl (C=O) groups excluding carboxylic acids is 1. The van der Waals surface area contributed by atoms with E-state index in [0.717, 1.165) is 23.5 Å². The maximum atomic E-state index is 14.4. The van der Waals surface area contributed by atoms with Crippen molar-refractivity contribution in [1.29, 1.82) is 0 Å². The molecular formula is C24H20F6N6OS.